The molecule has 2 heterocycles. The number of likely N-dealkylation sites (N-methyl/N-ethyl adjacent to an activating group) is 1. The number of hydrogen-bond acceptors (Lipinski definition) is 8. The van der Waals surface area contributed by atoms with Gasteiger partial charge in [0.15, 0.2) is 12.4 Å². The number of carbonyl (C=O) groups is 1. The minimum Gasteiger partial charge on any atom is -0.482 e. The van der Waals surface area contributed by atoms with E-state index in [1.165, 1.54) is 23.2 Å². The molecule has 1 aliphatic heterocycles. The summed E-state index contributed by atoms with van der Waals surface area (Å²) in [5.74, 6) is 0.941. The number of anilines is 5. The summed E-state index contributed by atoms with van der Waals surface area (Å²) in [5.41, 5.74) is 1.68. The summed E-state index contributed by atoms with van der Waals surface area (Å²) in [4.78, 5) is 21.8. The van der Waals surface area contributed by atoms with Crippen LogP contribution in [-0.2, 0) is 14.8 Å². The molecule has 1 amide bonds. The van der Waals surface area contributed by atoms with Gasteiger partial charge in [0.05, 0.1) is 16.8 Å². The van der Waals surface area contributed by atoms with Crippen molar-refractivity contribution in [2.24, 2.45) is 5.14 Å². The summed E-state index contributed by atoms with van der Waals surface area (Å²) in [6, 6.07) is 11.2. The summed E-state index contributed by atoms with van der Waals surface area (Å²) in [5, 5.41) is 11.4. The number of fused-ring (bicyclic) bond motifs is 1. The van der Waals surface area contributed by atoms with Gasteiger partial charge in [0.25, 0.3) is 5.91 Å². The van der Waals surface area contributed by atoms with E-state index in [-0.39, 0.29) is 28.4 Å². The lowest BCUT2D eigenvalue weighted by atomic mass is 10.2. The number of amides is 1. The molecule has 0 unspecified atom stereocenters. The topological polar surface area (TPSA) is 140 Å². The van der Waals surface area contributed by atoms with Crippen molar-refractivity contribution in [3.63, 3.8) is 0 Å². The molecule has 31 heavy (non-hydrogen) atoms. The smallest absolute Gasteiger partial charge is 0.264 e. The number of benzene rings is 2. The van der Waals surface area contributed by atoms with Crippen LogP contribution in [0.3, 0.4) is 0 Å². The van der Waals surface area contributed by atoms with Crippen LogP contribution in [0.4, 0.5) is 28.8 Å². The molecule has 1 aromatic heterocycles. The van der Waals surface area contributed by atoms with Crippen molar-refractivity contribution in [1.82, 2.24) is 9.97 Å². The molecule has 0 saturated heterocycles. The van der Waals surface area contributed by atoms with Crippen molar-refractivity contribution < 1.29 is 17.9 Å². The molecule has 1 aliphatic rings. The first-order chi connectivity index (χ1) is 14.7. The first kappa shape index (κ1) is 20.8. The molecule has 0 fully saturated rings. The van der Waals surface area contributed by atoms with E-state index in [1.54, 1.807) is 37.4 Å². The van der Waals surface area contributed by atoms with Gasteiger partial charge in [-0.2, -0.15) is 4.98 Å². The molecule has 0 saturated carbocycles. The summed E-state index contributed by atoms with van der Waals surface area (Å²) in [6.07, 6.45) is 1.40. The lowest BCUT2D eigenvalue weighted by Gasteiger charge is -2.26. The number of halogens is 1. The number of sulfonamides is 1. The van der Waals surface area contributed by atoms with Crippen LogP contribution in [0, 0.1) is 0 Å². The Morgan fingerprint density at radius 1 is 1.16 bits per heavy atom. The Bertz CT molecular complexity index is 1280. The molecule has 3 aromatic rings. The van der Waals surface area contributed by atoms with E-state index in [9.17, 15) is 13.2 Å². The average Bonchev–Trinajstić information content (AvgIpc) is 2.73. The predicted octanol–water partition coefficient (Wildman–Crippen LogP) is 2.62. The highest BCUT2D eigenvalue weighted by Gasteiger charge is 2.22. The standard InChI is InChI=1S/C19H17ClN6O4S/c1-26-15-8-12(5-6-16(15)30-10-17(26)27)23-18-14(20)9-22-19(25-18)24-11-3-2-4-13(7-11)31(21,28)29/h2-9H,10H2,1H3,(H2,21,28,29)(H2,22,23,24,25). The highest BCUT2D eigenvalue weighted by molar-refractivity contribution is 7.89. The number of rotatable bonds is 5. The van der Waals surface area contributed by atoms with E-state index in [0.717, 1.165) is 0 Å². The van der Waals surface area contributed by atoms with Crippen molar-refractivity contribution in [3.05, 3.63) is 53.7 Å². The Morgan fingerprint density at radius 2 is 1.94 bits per heavy atom. The maximum atomic E-state index is 11.9. The van der Waals surface area contributed by atoms with Gasteiger partial charge in [0, 0.05) is 18.4 Å². The molecule has 4 rings (SSSR count). The number of aromatic nitrogens is 2. The van der Waals surface area contributed by atoms with Gasteiger partial charge in [-0.05, 0) is 36.4 Å². The largest absolute Gasteiger partial charge is 0.482 e. The Morgan fingerprint density at radius 3 is 2.71 bits per heavy atom. The first-order valence-electron chi connectivity index (χ1n) is 8.93. The van der Waals surface area contributed by atoms with Crippen LogP contribution in [0.5, 0.6) is 5.75 Å². The molecular formula is C19H17ClN6O4S. The number of nitrogens with zero attached hydrogens (tertiary/aromatic N) is 3. The van der Waals surface area contributed by atoms with E-state index in [1.807, 2.05) is 0 Å². The quantitative estimate of drug-likeness (QED) is 0.527. The predicted molar refractivity (Wildman–Crippen MR) is 117 cm³/mol. The summed E-state index contributed by atoms with van der Waals surface area (Å²) in [6.45, 7) is -0.00427. The lowest BCUT2D eigenvalue weighted by molar-refractivity contribution is -0.120. The Labute approximate surface area is 183 Å². The first-order valence-corrected chi connectivity index (χ1v) is 10.9. The van der Waals surface area contributed by atoms with E-state index in [4.69, 9.17) is 21.5 Å². The minimum absolute atomic E-state index is 0.00427. The number of ether oxygens (including phenoxy) is 1. The normalized spacial score (nSPS) is 13.4. The van der Waals surface area contributed by atoms with Crippen LogP contribution < -0.4 is 25.4 Å². The zero-order valence-corrected chi connectivity index (χ0v) is 17.7. The zero-order chi connectivity index (χ0) is 22.2. The van der Waals surface area contributed by atoms with Gasteiger partial charge >= 0.3 is 0 Å². The lowest BCUT2D eigenvalue weighted by Crippen LogP contribution is -2.35. The number of nitrogens with two attached hydrogens (primary N) is 1. The number of carbonyl (C=O) groups excluding carboxylic acids is 1. The maximum absolute atomic E-state index is 11.9. The second-order valence-corrected chi connectivity index (χ2v) is 8.61. The van der Waals surface area contributed by atoms with Crippen LogP contribution >= 0.6 is 11.6 Å². The molecule has 12 heteroatoms. The Kier molecular flexibility index (Phi) is 5.39. The van der Waals surface area contributed by atoms with Crippen LogP contribution in [0.15, 0.2) is 53.6 Å². The molecule has 0 atom stereocenters. The Hall–Kier alpha value is -3.41. The second kappa shape index (κ2) is 8.02. The Balaban J connectivity index is 1.59. The van der Waals surface area contributed by atoms with Crippen LogP contribution in [0.25, 0.3) is 0 Å². The summed E-state index contributed by atoms with van der Waals surface area (Å²) in [7, 11) is -2.17. The third-order valence-corrected chi connectivity index (χ3v) is 5.66. The number of primary sulfonamides is 1. The average molecular weight is 461 g/mol. The summed E-state index contributed by atoms with van der Waals surface area (Å²) < 4.78 is 28.5. The van der Waals surface area contributed by atoms with Gasteiger partial charge in [-0.1, -0.05) is 17.7 Å². The molecule has 160 valence electrons. The van der Waals surface area contributed by atoms with E-state index in [2.05, 4.69) is 20.6 Å². The van der Waals surface area contributed by atoms with Crippen LogP contribution in [0.1, 0.15) is 0 Å². The highest BCUT2D eigenvalue weighted by Crippen LogP contribution is 2.35. The highest BCUT2D eigenvalue weighted by atomic mass is 35.5. The van der Waals surface area contributed by atoms with E-state index in [0.29, 0.717) is 28.6 Å². The number of hydrogen-bond donors (Lipinski definition) is 3. The van der Waals surface area contributed by atoms with E-state index < -0.39 is 10.0 Å². The van der Waals surface area contributed by atoms with Crippen molar-refractivity contribution >= 4 is 56.4 Å². The zero-order valence-electron chi connectivity index (χ0n) is 16.2. The third kappa shape index (κ3) is 4.53. The molecule has 0 aliphatic carbocycles. The van der Waals surface area contributed by atoms with Crippen molar-refractivity contribution in [2.45, 2.75) is 4.90 Å². The molecule has 10 nitrogen and oxygen atoms in total. The SMILES string of the molecule is CN1C(=O)COc2ccc(Nc3nc(Nc4cccc(S(N)(=O)=O)c4)ncc3Cl)cc21. The van der Waals surface area contributed by atoms with Gasteiger partial charge in [-0.25, -0.2) is 18.5 Å². The molecule has 0 bridgehead atoms. The van der Waals surface area contributed by atoms with Crippen LogP contribution in [0.2, 0.25) is 5.02 Å². The fourth-order valence-electron chi connectivity index (χ4n) is 2.88. The third-order valence-electron chi connectivity index (χ3n) is 4.47. The molecule has 4 N–H and O–H groups in total. The van der Waals surface area contributed by atoms with Crippen molar-refractivity contribution in [1.29, 1.82) is 0 Å². The van der Waals surface area contributed by atoms with Gasteiger partial charge in [-0.3, -0.25) is 4.79 Å². The number of nitrogens with one attached hydrogen (secondary N) is 2. The second-order valence-electron chi connectivity index (χ2n) is 6.64. The summed E-state index contributed by atoms with van der Waals surface area (Å²) >= 11 is 6.23. The monoisotopic (exact) mass is 460 g/mol. The molecular weight excluding hydrogens is 444 g/mol. The molecule has 0 spiro atoms. The van der Waals surface area contributed by atoms with Gasteiger partial charge in [0.1, 0.15) is 10.8 Å². The van der Waals surface area contributed by atoms with E-state index >= 15 is 0 Å². The molecule has 0 radical (unpaired) electrons. The van der Waals surface area contributed by atoms with Crippen molar-refractivity contribution in [3.8, 4) is 5.75 Å². The van der Waals surface area contributed by atoms with Gasteiger partial charge in [0.2, 0.25) is 16.0 Å². The minimum atomic E-state index is -3.84. The fourth-order valence-corrected chi connectivity index (χ4v) is 3.58. The molecule has 2 aromatic carbocycles. The van der Waals surface area contributed by atoms with Crippen LogP contribution in [-0.4, -0.2) is 37.9 Å². The van der Waals surface area contributed by atoms with Crippen molar-refractivity contribution in [2.75, 3.05) is 29.2 Å². The van der Waals surface area contributed by atoms with Gasteiger partial charge < -0.3 is 20.3 Å². The fraction of sp³-hybridized carbons (Fsp3) is 0.105. The maximum Gasteiger partial charge on any atom is 0.264 e. The van der Waals surface area contributed by atoms with Gasteiger partial charge in [-0.15, -0.1) is 0 Å².